The quantitative estimate of drug-likeness (QED) is 0.760. The Balaban J connectivity index is 2.20. The van der Waals surface area contributed by atoms with Gasteiger partial charge in [-0.2, -0.15) is 0 Å². The first-order valence-corrected chi connectivity index (χ1v) is 6.14. The molecule has 1 amide bonds. The van der Waals surface area contributed by atoms with Gasteiger partial charge in [0.15, 0.2) is 0 Å². The van der Waals surface area contributed by atoms with E-state index in [1.165, 1.54) is 11.1 Å². The summed E-state index contributed by atoms with van der Waals surface area (Å²) in [6.45, 7) is 2.77. The summed E-state index contributed by atoms with van der Waals surface area (Å²) < 4.78 is 0. The van der Waals surface area contributed by atoms with Crippen LogP contribution in [-0.4, -0.2) is 18.3 Å². The van der Waals surface area contributed by atoms with E-state index in [1.54, 1.807) is 0 Å². The van der Waals surface area contributed by atoms with Crippen molar-refractivity contribution in [3.8, 4) is 0 Å². The Morgan fingerprint density at radius 2 is 2.00 bits per heavy atom. The van der Waals surface area contributed by atoms with Gasteiger partial charge in [-0.3, -0.25) is 4.79 Å². The lowest BCUT2D eigenvalue weighted by Crippen LogP contribution is -2.25. The van der Waals surface area contributed by atoms with Gasteiger partial charge < -0.3 is 5.32 Å². The van der Waals surface area contributed by atoms with E-state index in [4.69, 9.17) is 11.6 Å². The van der Waals surface area contributed by atoms with Gasteiger partial charge in [0.05, 0.1) is 0 Å². The molecule has 0 saturated heterocycles. The Hall–Kier alpha value is -1.02. The number of halogens is 1. The lowest BCUT2D eigenvalue weighted by Gasteiger charge is -2.05. The maximum Gasteiger partial charge on any atom is 0.220 e. The lowest BCUT2D eigenvalue weighted by atomic mass is 10.1. The molecule has 3 heteroatoms. The molecule has 0 spiro atoms. The first kappa shape index (κ1) is 13.0. The molecular formula is C13H18ClNO. The second-order valence-corrected chi connectivity index (χ2v) is 4.26. The highest BCUT2D eigenvalue weighted by Gasteiger charge is 1.99. The van der Waals surface area contributed by atoms with Crippen LogP contribution in [0.4, 0.5) is 0 Å². The summed E-state index contributed by atoms with van der Waals surface area (Å²) in [6, 6.07) is 8.37. The minimum Gasteiger partial charge on any atom is -0.356 e. The van der Waals surface area contributed by atoms with E-state index in [9.17, 15) is 4.79 Å². The largest absolute Gasteiger partial charge is 0.356 e. The molecule has 0 aliphatic heterocycles. The minimum atomic E-state index is 0.0905. The number of hydrogen-bond acceptors (Lipinski definition) is 1. The van der Waals surface area contributed by atoms with Gasteiger partial charge in [-0.25, -0.2) is 0 Å². The van der Waals surface area contributed by atoms with Crippen LogP contribution in [0.5, 0.6) is 0 Å². The van der Waals surface area contributed by atoms with Gasteiger partial charge in [-0.15, -0.1) is 11.6 Å². The average molecular weight is 240 g/mol. The van der Waals surface area contributed by atoms with Crippen LogP contribution in [0, 0.1) is 6.92 Å². The molecule has 0 aliphatic rings. The summed E-state index contributed by atoms with van der Waals surface area (Å²) in [7, 11) is 0. The smallest absolute Gasteiger partial charge is 0.220 e. The summed E-state index contributed by atoms with van der Waals surface area (Å²) in [5.41, 5.74) is 2.51. The minimum absolute atomic E-state index is 0.0905. The topological polar surface area (TPSA) is 29.1 Å². The molecule has 2 nitrogen and oxygen atoms in total. The first-order chi connectivity index (χ1) is 7.72. The molecule has 16 heavy (non-hydrogen) atoms. The van der Waals surface area contributed by atoms with Crippen LogP contribution >= 0.6 is 11.6 Å². The van der Waals surface area contributed by atoms with Crippen molar-refractivity contribution in [1.82, 2.24) is 5.32 Å². The van der Waals surface area contributed by atoms with Gasteiger partial charge in [0, 0.05) is 18.8 Å². The molecule has 0 unspecified atom stereocenters. The van der Waals surface area contributed by atoms with Gasteiger partial charge in [0.2, 0.25) is 5.91 Å². The summed E-state index contributed by atoms with van der Waals surface area (Å²) in [5, 5.41) is 2.88. The van der Waals surface area contributed by atoms with Crippen LogP contribution < -0.4 is 5.32 Å². The van der Waals surface area contributed by atoms with E-state index < -0.39 is 0 Å². The van der Waals surface area contributed by atoms with E-state index in [-0.39, 0.29) is 5.91 Å². The highest BCUT2D eigenvalue weighted by atomic mass is 35.5. The van der Waals surface area contributed by atoms with Crippen molar-refractivity contribution < 1.29 is 4.79 Å². The summed E-state index contributed by atoms with van der Waals surface area (Å²) in [4.78, 5) is 11.3. The van der Waals surface area contributed by atoms with Crippen molar-refractivity contribution in [3.63, 3.8) is 0 Å². The third-order valence-corrected chi connectivity index (χ3v) is 2.66. The zero-order valence-electron chi connectivity index (χ0n) is 9.63. The Morgan fingerprint density at radius 3 is 2.62 bits per heavy atom. The first-order valence-electron chi connectivity index (χ1n) is 5.60. The Kier molecular flexibility index (Phi) is 5.94. The van der Waals surface area contributed by atoms with Crippen molar-refractivity contribution in [2.45, 2.75) is 26.2 Å². The normalized spacial score (nSPS) is 10.1. The second kappa shape index (κ2) is 7.29. The predicted molar refractivity (Wildman–Crippen MR) is 67.8 cm³/mol. The van der Waals surface area contributed by atoms with Gasteiger partial charge in [0.25, 0.3) is 0 Å². The van der Waals surface area contributed by atoms with Crippen molar-refractivity contribution in [2.24, 2.45) is 0 Å². The van der Waals surface area contributed by atoms with Crippen LogP contribution in [0.3, 0.4) is 0 Å². The Bertz CT molecular complexity index is 321. The van der Waals surface area contributed by atoms with Crippen molar-refractivity contribution in [3.05, 3.63) is 35.4 Å². The molecule has 1 aromatic carbocycles. The summed E-state index contributed by atoms with van der Waals surface area (Å²) >= 11 is 5.51. The number of amides is 1. The molecule has 1 rings (SSSR count). The zero-order valence-corrected chi connectivity index (χ0v) is 10.4. The maximum absolute atomic E-state index is 11.3. The zero-order chi connectivity index (χ0) is 11.8. The molecule has 1 aromatic rings. The molecule has 1 N–H and O–H groups in total. The molecule has 0 atom stereocenters. The number of carbonyl (C=O) groups excluding carboxylic acids is 1. The number of carbonyl (C=O) groups is 1. The molecule has 0 heterocycles. The van der Waals surface area contributed by atoms with E-state index in [2.05, 4.69) is 36.5 Å². The fourth-order valence-electron chi connectivity index (χ4n) is 1.42. The fourth-order valence-corrected chi connectivity index (χ4v) is 1.55. The van der Waals surface area contributed by atoms with E-state index >= 15 is 0 Å². The molecule has 88 valence electrons. The molecule has 0 radical (unpaired) electrons. The number of nitrogens with one attached hydrogen (secondary N) is 1. The highest BCUT2D eigenvalue weighted by molar-refractivity contribution is 6.17. The van der Waals surface area contributed by atoms with E-state index in [0.717, 1.165) is 12.8 Å². The maximum atomic E-state index is 11.3. The van der Waals surface area contributed by atoms with Crippen LogP contribution in [-0.2, 0) is 11.2 Å². The van der Waals surface area contributed by atoms with Crippen molar-refractivity contribution >= 4 is 17.5 Å². The van der Waals surface area contributed by atoms with Crippen molar-refractivity contribution in [1.29, 1.82) is 0 Å². The monoisotopic (exact) mass is 239 g/mol. The predicted octanol–water partition coefficient (Wildman–Crippen LogP) is 2.67. The van der Waals surface area contributed by atoms with Crippen molar-refractivity contribution in [2.75, 3.05) is 12.4 Å². The van der Waals surface area contributed by atoms with E-state index in [1.807, 2.05) is 0 Å². The van der Waals surface area contributed by atoms with Gasteiger partial charge in [-0.1, -0.05) is 29.8 Å². The highest BCUT2D eigenvalue weighted by Crippen LogP contribution is 2.03. The van der Waals surface area contributed by atoms with Crippen LogP contribution in [0.25, 0.3) is 0 Å². The van der Waals surface area contributed by atoms with Crippen LogP contribution in [0.15, 0.2) is 24.3 Å². The standard InChI is InChI=1S/C13H18ClNO/c1-11-4-6-12(7-5-11)8-10-15-13(16)3-2-9-14/h4-7H,2-3,8-10H2,1H3,(H,15,16). The van der Waals surface area contributed by atoms with Gasteiger partial charge in [-0.05, 0) is 25.3 Å². The lowest BCUT2D eigenvalue weighted by molar-refractivity contribution is -0.121. The summed E-state index contributed by atoms with van der Waals surface area (Å²) in [6.07, 6.45) is 2.15. The second-order valence-electron chi connectivity index (χ2n) is 3.88. The molecular weight excluding hydrogens is 222 g/mol. The number of aryl methyl sites for hydroxylation is 1. The Morgan fingerprint density at radius 1 is 1.31 bits per heavy atom. The SMILES string of the molecule is Cc1ccc(CCNC(=O)CCCCl)cc1. The molecule has 0 fully saturated rings. The number of alkyl halides is 1. The van der Waals surface area contributed by atoms with Gasteiger partial charge in [0.1, 0.15) is 0 Å². The molecule has 0 saturated carbocycles. The van der Waals surface area contributed by atoms with Gasteiger partial charge >= 0.3 is 0 Å². The third kappa shape index (κ3) is 5.17. The van der Waals surface area contributed by atoms with E-state index in [0.29, 0.717) is 18.8 Å². The molecule has 0 aromatic heterocycles. The number of rotatable bonds is 6. The summed E-state index contributed by atoms with van der Waals surface area (Å²) in [5.74, 6) is 0.638. The Labute approximate surface area is 102 Å². The fraction of sp³-hybridized carbons (Fsp3) is 0.462. The average Bonchev–Trinajstić information content (AvgIpc) is 2.29. The molecule has 0 aliphatic carbocycles. The number of hydrogen-bond donors (Lipinski definition) is 1. The molecule has 0 bridgehead atoms. The number of benzene rings is 1. The van der Waals surface area contributed by atoms with Crippen LogP contribution in [0.2, 0.25) is 0 Å². The van der Waals surface area contributed by atoms with Crippen LogP contribution in [0.1, 0.15) is 24.0 Å². The third-order valence-electron chi connectivity index (χ3n) is 2.39.